The largest absolute Gasteiger partial charge is 0.545 e. The maximum absolute atomic E-state index is 10.9. The molecule has 0 heterocycles. The number of ether oxygens (including phenoxy) is 2. The molecule has 24 heavy (non-hydrogen) atoms. The second-order valence-electron chi connectivity index (χ2n) is 4.70. The second-order valence-corrected chi connectivity index (χ2v) is 5.10. The molecule has 0 fully saturated rings. The van der Waals surface area contributed by atoms with E-state index >= 15 is 0 Å². The number of benzene rings is 2. The molecule has 0 saturated carbocycles. The van der Waals surface area contributed by atoms with Gasteiger partial charge in [0, 0.05) is 10.6 Å². The molecule has 0 spiro atoms. The first-order chi connectivity index (χ1) is 11.5. The Kier molecular flexibility index (Phi) is 6.03. The second kappa shape index (κ2) is 8.21. The van der Waals surface area contributed by atoms with Crippen LogP contribution >= 0.6 is 11.6 Å². The van der Waals surface area contributed by atoms with Gasteiger partial charge in [-0.3, -0.25) is 5.43 Å². The van der Waals surface area contributed by atoms with Gasteiger partial charge in [-0.05, 0) is 48.9 Å². The summed E-state index contributed by atoms with van der Waals surface area (Å²) >= 11 is 5.78. The van der Waals surface area contributed by atoms with Crippen molar-refractivity contribution in [3.63, 3.8) is 0 Å². The van der Waals surface area contributed by atoms with Gasteiger partial charge in [-0.2, -0.15) is 5.10 Å². The highest BCUT2D eigenvalue weighted by Crippen LogP contribution is 2.27. The Hall–Kier alpha value is -2.73. The number of carbonyl (C=O) groups excluding carboxylic acids is 1. The van der Waals surface area contributed by atoms with E-state index < -0.39 is 5.97 Å². The molecule has 0 bridgehead atoms. The number of carbonyl (C=O) groups is 1. The number of rotatable bonds is 7. The molecule has 0 aromatic heterocycles. The van der Waals surface area contributed by atoms with Crippen molar-refractivity contribution in [1.29, 1.82) is 0 Å². The highest BCUT2D eigenvalue weighted by molar-refractivity contribution is 6.33. The number of nitrogens with zero attached hydrogens (tertiary/aromatic N) is 1. The molecule has 0 aliphatic carbocycles. The maximum atomic E-state index is 10.9. The van der Waals surface area contributed by atoms with Gasteiger partial charge in [-0.15, -0.1) is 0 Å². The molecule has 2 aromatic carbocycles. The van der Waals surface area contributed by atoms with Crippen LogP contribution in [0, 0.1) is 0 Å². The smallest absolute Gasteiger partial charge is 0.161 e. The first-order valence-corrected chi connectivity index (χ1v) is 7.53. The number of halogens is 1. The van der Waals surface area contributed by atoms with Crippen molar-refractivity contribution in [1.82, 2.24) is 0 Å². The average Bonchev–Trinajstić information content (AvgIpc) is 2.57. The van der Waals surface area contributed by atoms with Crippen LogP contribution in [0.15, 0.2) is 41.5 Å². The molecule has 1 N–H and O–H groups in total. The summed E-state index contributed by atoms with van der Waals surface area (Å²) in [6, 6.07) is 9.83. The number of methoxy groups -OCH3 is 1. The third-order valence-corrected chi connectivity index (χ3v) is 3.41. The molecular formula is C17H16ClN2O4-. The predicted molar refractivity (Wildman–Crippen MR) is 91.2 cm³/mol. The van der Waals surface area contributed by atoms with Gasteiger partial charge in [0.1, 0.15) is 0 Å². The number of hydrazone groups is 1. The van der Waals surface area contributed by atoms with Gasteiger partial charge in [0.25, 0.3) is 0 Å². The Morgan fingerprint density at radius 3 is 2.75 bits per heavy atom. The van der Waals surface area contributed by atoms with Crippen LogP contribution in [0.3, 0.4) is 0 Å². The zero-order chi connectivity index (χ0) is 17.5. The molecule has 2 aromatic rings. The number of hydrogen-bond donors (Lipinski definition) is 1. The van der Waals surface area contributed by atoms with Crippen LogP contribution in [-0.2, 0) is 0 Å². The van der Waals surface area contributed by atoms with E-state index in [0.29, 0.717) is 23.8 Å². The summed E-state index contributed by atoms with van der Waals surface area (Å²) in [6.45, 7) is 2.44. The maximum Gasteiger partial charge on any atom is 0.161 e. The fourth-order valence-corrected chi connectivity index (χ4v) is 2.17. The zero-order valence-corrected chi connectivity index (χ0v) is 14.0. The van der Waals surface area contributed by atoms with E-state index in [2.05, 4.69) is 10.5 Å². The molecular weight excluding hydrogens is 332 g/mol. The van der Waals surface area contributed by atoms with Gasteiger partial charge in [-0.25, -0.2) is 0 Å². The zero-order valence-electron chi connectivity index (χ0n) is 13.2. The van der Waals surface area contributed by atoms with Gasteiger partial charge in [0.05, 0.1) is 31.6 Å². The standard InChI is InChI=1S/C17H17ClN2O4/c1-3-24-15-7-4-11(8-16(15)23-2)10-19-20-12-5-6-14(18)13(9-12)17(21)22/h4-10,20H,3H2,1-2H3,(H,21,22)/p-1/b19-10-. The highest BCUT2D eigenvalue weighted by atomic mass is 35.5. The molecule has 7 heteroatoms. The molecule has 0 atom stereocenters. The topological polar surface area (TPSA) is 83.0 Å². The summed E-state index contributed by atoms with van der Waals surface area (Å²) in [5, 5.41) is 15.1. The molecule has 0 aliphatic heterocycles. The van der Waals surface area contributed by atoms with E-state index in [9.17, 15) is 9.90 Å². The minimum atomic E-state index is -1.34. The Balaban J connectivity index is 2.12. The quantitative estimate of drug-likeness (QED) is 0.614. The number of nitrogens with one attached hydrogen (secondary N) is 1. The van der Waals surface area contributed by atoms with Gasteiger partial charge in [-0.1, -0.05) is 11.6 Å². The lowest BCUT2D eigenvalue weighted by Crippen LogP contribution is -2.22. The van der Waals surface area contributed by atoms with Crippen LogP contribution in [0.1, 0.15) is 22.8 Å². The van der Waals surface area contributed by atoms with E-state index in [1.807, 2.05) is 13.0 Å². The SMILES string of the molecule is CCOc1ccc(/C=N\Nc2ccc(Cl)c(C(=O)[O-])c2)cc1OC. The average molecular weight is 348 g/mol. The van der Waals surface area contributed by atoms with E-state index in [4.69, 9.17) is 21.1 Å². The number of aromatic carboxylic acids is 1. The van der Waals surface area contributed by atoms with E-state index in [-0.39, 0.29) is 10.6 Å². The van der Waals surface area contributed by atoms with Gasteiger partial charge in [0.15, 0.2) is 11.5 Å². The van der Waals surface area contributed by atoms with Crippen molar-refractivity contribution in [3.05, 3.63) is 52.5 Å². The summed E-state index contributed by atoms with van der Waals surface area (Å²) in [5.41, 5.74) is 3.91. The molecule has 0 unspecified atom stereocenters. The van der Waals surface area contributed by atoms with Crippen molar-refractivity contribution in [3.8, 4) is 11.5 Å². The van der Waals surface area contributed by atoms with Crippen LogP contribution in [0.25, 0.3) is 0 Å². The molecule has 0 aliphatic rings. The molecule has 6 nitrogen and oxygen atoms in total. The third kappa shape index (κ3) is 4.39. The predicted octanol–water partition coefficient (Wildman–Crippen LogP) is 2.56. The van der Waals surface area contributed by atoms with Crippen LogP contribution in [0.2, 0.25) is 5.02 Å². The normalized spacial score (nSPS) is 10.6. The Morgan fingerprint density at radius 1 is 1.29 bits per heavy atom. The molecule has 0 radical (unpaired) electrons. The summed E-state index contributed by atoms with van der Waals surface area (Å²) < 4.78 is 10.7. The van der Waals surface area contributed by atoms with Crippen LogP contribution < -0.4 is 20.0 Å². The number of anilines is 1. The number of carboxylic acid groups (broad SMARTS) is 1. The lowest BCUT2D eigenvalue weighted by atomic mass is 10.2. The van der Waals surface area contributed by atoms with E-state index in [1.165, 1.54) is 12.1 Å². The highest BCUT2D eigenvalue weighted by Gasteiger charge is 2.04. The Bertz CT molecular complexity index is 762. The van der Waals surface area contributed by atoms with Crippen molar-refractivity contribution in [2.45, 2.75) is 6.92 Å². The van der Waals surface area contributed by atoms with E-state index in [0.717, 1.165) is 5.56 Å². The summed E-state index contributed by atoms with van der Waals surface area (Å²) in [5.74, 6) is -0.0863. The van der Waals surface area contributed by atoms with Gasteiger partial charge >= 0.3 is 0 Å². The first kappa shape index (κ1) is 17.6. The van der Waals surface area contributed by atoms with Crippen molar-refractivity contribution >= 4 is 29.5 Å². The lowest BCUT2D eigenvalue weighted by Gasteiger charge is -2.09. The van der Waals surface area contributed by atoms with Crippen LogP contribution in [-0.4, -0.2) is 25.9 Å². The summed E-state index contributed by atoms with van der Waals surface area (Å²) in [6.07, 6.45) is 1.57. The van der Waals surface area contributed by atoms with Crippen molar-refractivity contribution in [2.75, 3.05) is 19.1 Å². The third-order valence-electron chi connectivity index (χ3n) is 3.08. The van der Waals surface area contributed by atoms with Crippen molar-refractivity contribution in [2.24, 2.45) is 5.10 Å². The molecule has 0 amide bonds. The minimum absolute atomic E-state index is 0.0976. The minimum Gasteiger partial charge on any atom is -0.545 e. The van der Waals surface area contributed by atoms with E-state index in [1.54, 1.807) is 31.5 Å². The fraction of sp³-hybridized carbons (Fsp3) is 0.176. The van der Waals surface area contributed by atoms with Gasteiger partial charge in [0.2, 0.25) is 0 Å². The summed E-state index contributed by atoms with van der Waals surface area (Å²) in [7, 11) is 1.56. The lowest BCUT2D eigenvalue weighted by molar-refractivity contribution is -0.255. The number of carboxylic acids is 1. The van der Waals surface area contributed by atoms with Crippen molar-refractivity contribution < 1.29 is 19.4 Å². The number of hydrogen-bond acceptors (Lipinski definition) is 6. The fourth-order valence-electron chi connectivity index (χ4n) is 1.97. The Morgan fingerprint density at radius 2 is 2.08 bits per heavy atom. The molecule has 0 saturated heterocycles. The monoisotopic (exact) mass is 347 g/mol. The molecule has 126 valence electrons. The van der Waals surface area contributed by atoms with Crippen LogP contribution in [0.5, 0.6) is 11.5 Å². The Labute approximate surface area is 144 Å². The van der Waals surface area contributed by atoms with Crippen LogP contribution in [0.4, 0.5) is 5.69 Å². The summed E-state index contributed by atoms with van der Waals surface area (Å²) in [4.78, 5) is 10.9. The van der Waals surface area contributed by atoms with Gasteiger partial charge < -0.3 is 19.4 Å². The first-order valence-electron chi connectivity index (χ1n) is 7.16. The molecule has 2 rings (SSSR count).